The van der Waals surface area contributed by atoms with Gasteiger partial charge in [-0.15, -0.1) is 11.3 Å². The lowest BCUT2D eigenvalue weighted by Gasteiger charge is -2.07. The van der Waals surface area contributed by atoms with E-state index in [1.807, 2.05) is 24.3 Å². The van der Waals surface area contributed by atoms with Crippen molar-refractivity contribution in [3.63, 3.8) is 0 Å². The smallest absolute Gasteiger partial charge is 0.220 e. The van der Waals surface area contributed by atoms with Gasteiger partial charge in [-0.25, -0.2) is 0 Å². The third kappa shape index (κ3) is 4.33. The molecule has 3 rings (SSSR count). The number of hydrogen-bond acceptors (Lipinski definition) is 4. The molecule has 5 heteroatoms. The summed E-state index contributed by atoms with van der Waals surface area (Å²) in [7, 11) is 1.66. The normalized spacial score (nSPS) is 17.2. The molecule has 122 valence electrons. The van der Waals surface area contributed by atoms with E-state index in [0.717, 1.165) is 29.2 Å². The Morgan fingerprint density at radius 1 is 1.35 bits per heavy atom. The van der Waals surface area contributed by atoms with E-state index in [4.69, 9.17) is 9.47 Å². The summed E-state index contributed by atoms with van der Waals surface area (Å²) in [6, 6.07) is 10.1. The van der Waals surface area contributed by atoms with Gasteiger partial charge in [0, 0.05) is 24.5 Å². The topological polar surface area (TPSA) is 47.6 Å². The van der Waals surface area contributed by atoms with Crippen LogP contribution in [0.15, 0.2) is 35.7 Å². The van der Waals surface area contributed by atoms with E-state index >= 15 is 0 Å². The SMILES string of the molecule is COc1ccc(-c2csc(CNC(=O)C[C@H]3CCOC3)c2)cc1. The third-order valence-corrected chi connectivity index (χ3v) is 4.97. The fourth-order valence-electron chi connectivity index (χ4n) is 2.67. The van der Waals surface area contributed by atoms with Crippen LogP contribution in [0.1, 0.15) is 17.7 Å². The number of carbonyl (C=O) groups is 1. The van der Waals surface area contributed by atoms with Gasteiger partial charge in [-0.3, -0.25) is 4.79 Å². The molecule has 1 fully saturated rings. The summed E-state index contributed by atoms with van der Waals surface area (Å²) in [6.07, 6.45) is 1.56. The molecule has 2 heterocycles. The van der Waals surface area contributed by atoms with Crippen LogP contribution in [0.5, 0.6) is 5.75 Å². The number of ether oxygens (including phenoxy) is 2. The summed E-state index contributed by atoms with van der Waals surface area (Å²) >= 11 is 1.67. The van der Waals surface area contributed by atoms with Crippen LogP contribution in [-0.4, -0.2) is 26.2 Å². The Bertz CT molecular complexity index is 645. The molecule has 2 aromatic rings. The first-order chi connectivity index (χ1) is 11.2. The zero-order valence-corrected chi connectivity index (χ0v) is 14.0. The molecule has 1 aromatic carbocycles. The quantitative estimate of drug-likeness (QED) is 0.882. The van der Waals surface area contributed by atoms with E-state index in [1.54, 1.807) is 18.4 Å². The molecule has 1 N–H and O–H groups in total. The Morgan fingerprint density at radius 2 is 2.17 bits per heavy atom. The molecule has 0 saturated carbocycles. The average Bonchev–Trinajstić information content (AvgIpc) is 3.25. The van der Waals surface area contributed by atoms with Crippen LogP contribution in [0.3, 0.4) is 0 Å². The number of methoxy groups -OCH3 is 1. The van der Waals surface area contributed by atoms with Crippen molar-refractivity contribution >= 4 is 17.2 Å². The lowest BCUT2D eigenvalue weighted by molar-refractivity contribution is -0.122. The number of thiophene rings is 1. The van der Waals surface area contributed by atoms with Crippen molar-refractivity contribution in [1.82, 2.24) is 5.32 Å². The lowest BCUT2D eigenvalue weighted by Crippen LogP contribution is -2.24. The summed E-state index contributed by atoms with van der Waals surface area (Å²) in [4.78, 5) is 13.1. The fourth-order valence-corrected chi connectivity index (χ4v) is 3.51. The average molecular weight is 331 g/mol. The molecule has 0 bridgehead atoms. The van der Waals surface area contributed by atoms with E-state index in [2.05, 4.69) is 16.8 Å². The highest BCUT2D eigenvalue weighted by Gasteiger charge is 2.18. The Hall–Kier alpha value is -1.85. The zero-order chi connectivity index (χ0) is 16.1. The number of benzene rings is 1. The molecular weight excluding hydrogens is 310 g/mol. The molecule has 1 aliphatic rings. The highest BCUT2D eigenvalue weighted by Crippen LogP contribution is 2.27. The molecule has 1 amide bonds. The van der Waals surface area contributed by atoms with Gasteiger partial charge in [0.25, 0.3) is 0 Å². The predicted octanol–water partition coefficient (Wildman–Crippen LogP) is 3.47. The minimum atomic E-state index is 0.111. The first-order valence-electron chi connectivity index (χ1n) is 7.81. The Kier molecular flexibility index (Phi) is 5.31. The van der Waals surface area contributed by atoms with Gasteiger partial charge in [-0.05, 0) is 47.0 Å². The maximum Gasteiger partial charge on any atom is 0.220 e. The fraction of sp³-hybridized carbons (Fsp3) is 0.389. The van der Waals surface area contributed by atoms with Gasteiger partial charge in [0.15, 0.2) is 0 Å². The Morgan fingerprint density at radius 3 is 2.87 bits per heavy atom. The molecule has 4 nitrogen and oxygen atoms in total. The number of amides is 1. The monoisotopic (exact) mass is 331 g/mol. The number of carbonyl (C=O) groups excluding carboxylic acids is 1. The highest BCUT2D eigenvalue weighted by molar-refractivity contribution is 7.10. The molecule has 1 atom stereocenters. The van der Waals surface area contributed by atoms with Crippen molar-refractivity contribution in [3.05, 3.63) is 40.6 Å². The van der Waals surface area contributed by atoms with Crippen LogP contribution in [0.25, 0.3) is 11.1 Å². The Labute approximate surface area is 140 Å². The molecule has 0 spiro atoms. The van der Waals surface area contributed by atoms with E-state index in [1.165, 1.54) is 5.56 Å². The zero-order valence-electron chi connectivity index (χ0n) is 13.2. The molecule has 0 aliphatic carbocycles. The molecule has 1 saturated heterocycles. The number of hydrogen-bond donors (Lipinski definition) is 1. The van der Waals surface area contributed by atoms with Crippen LogP contribution < -0.4 is 10.1 Å². The number of rotatable bonds is 6. The maximum atomic E-state index is 11.9. The van der Waals surface area contributed by atoms with Crippen LogP contribution in [0, 0.1) is 5.92 Å². The first kappa shape index (κ1) is 16.0. The molecule has 23 heavy (non-hydrogen) atoms. The molecule has 0 radical (unpaired) electrons. The van der Waals surface area contributed by atoms with Gasteiger partial charge in [0.05, 0.1) is 13.7 Å². The molecule has 1 aliphatic heterocycles. The van der Waals surface area contributed by atoms with Crippen molar-refractivity contribution in [2.45, 2.75) is 19.4 Å². The summed E-state index contributed by atoms with van der Waals surface area (Å²) in [5.74, 6) is 1.35. The van der Waals surface area contributed by atoms with Crippen molar-refractivity contribution in [2.75, 3.05) is 20.3 Å². The first-order valence-corrected chi connectivity index (χ1v) is 8.69. The third-order valence-electron chi connectivity index (χ3n) is 4.03. The number of nitrogens with one attached hydrogen (secondary N) is 1. The van der Waals surface area contributed by atoms with Crippen LogP contribution in [-0.2, 0) is 16.1 Å². The van der Waals surface area contributed by atoms with Crippen molar-refractivity contribution in [1.29, 1.82) is 0 Å². The molecule has 1 aromatic heterocycles. The van der Waals surface area contributed by atoms with E-state index in [9.17, 15) is 4.79 Å². The van der Waals surface area contributed by atoms with Crippen LogP contribution in [0.4, 0.5) is 0 Å². The predicted molar refractivity (Wildman–Crippen MR) is 91.7 cm³/mol. The van der Waals surface area contributed by atoms with Gasteiger partial charge in [0.2, 0.25) is 5.91 Å². The molecular formula is C18H21NO3S. The largest absolute Gasteiger partial charge is 0.497 e. The van der Waals surface area contributed by atoms with E-state index in [0.29, 0.717) is 25.5 Å². The second-order valence-electron chi connectivity index (χ2n) is 5.74. The van der Waals surface area contributed by atoms with Crippen LogP contribution >= 0.6 is 11.3 Å². The highest BCUT2D eigenvalue weighted by atomic mass is 32.1. The maximum absolute atomic E-state index is 11.9. The van der Waals surface area contributed by atoms with Gasteiger partial charge < -0.3 is 14.8 Å². The lowest BCUT2D eigenvalue weighted by atomic mass is 10.1. The summed E-state index contributed by atoms with van der Waals surface area (Å²) in [5.41, 5.74) is 2.33. The van der Waals surface area contributed by atoms with E-state index < -0.39 is 0 Å². The van der Waals surface area contributed by atoms with E-state index in [-0.39, 0.29) is 5.91 Å². The van der Waals surface area contributed by atoms with Gasteiger partial charge in [0.1, 0.15) is 5.75 Å². The van der Waals surface area contributed by atoms with Gasteiger partial charge in [-0.2, -0.15) is 0 Å². The van der Waals surface area contributed by atoms with Crippen molar-refractivity contribution in [2.24, 2.45) is 5.92 Å². The standard InChI is InChI=1S/C18H21NO3S/c1-21-16-4-2-14(3-5-16)15-9-17(23-12-15)10-19-18(20)8-13-6-7-22-11-13/h2-5,9,12-13H,6-8,10-11H2,1H3,(H,19,20)/t13-/m1/s1. The summed E-state index contributed by atoms with van der Waals surface area (Å²) in [5, 5.41) is 5.12. The van der Waals surface area contributed by atoms with Crippen LogP contribution in [0.2, 0.25) is 0 Å². The minimum Gasteiger partial charge on any atom is -0.497 e. The van der Waals surface area contributed by atoms with Gasteiger partial charge in [-0.1, -0.05) is 12.1 Å². The molecule has 0 unspecified atom stereocenters. The summed E-state index contributed by atoms with van der Waals surface area (Å²) in [6.45, 7) is 2.09. The summed E-state index contributed by atoms with van der Waals surface area (Å²) < 4.78 is 10.5. The van der Waals surface area contributed by atoms with Crippen molar-refractivity contribution in [3.8, 4) is 16.9 Å². The minimum absolute atomic E-state index is 0.111. The van der Waals surface area contributed by atoms with Gasteiger partial charge >= 0.3 is 0 Å². The second kappa shape index (κ2) is 7.62. The second-order valence-corrected chi connectivity index (χ2v) is 6.74. The Balaban J connectivity index is 1.53. The van der Waals surface area contributed by atoms with Crippen molar-refractivity contribution < 1.29 is 14.3 Å².